The molecule has 4 rings (SSSR count). The smallest absolute Gasteiger partial charge is 0.154 e. The molecule has 3 aromatic carbocycles. The molecule has 1 heterocycles. The molecule has 1 aliphatic rings. The minimum Gasteiger partial charge on any atom is -0.507 e. The molecule has 1 aliphatic heterocycles. The van der Waals surface area contributed by atoms with E-state index in [0.717, 1.165) is 54.4 Å². The van der Waals surface area contributed by atoms with Gasteiger partial charge in [0.05, 0.1) is 5.56 Å². The van der Waals surface area contributed by atoms with Gasteiger partial charge >= 0.3 is 0 Å². The zero-order chi connectivity index (χ0) is 18.1. The second-order valence-electron chi connectivity index (χ2n) is 6.89. The molecule has 4 heteroatoms. The molecular weight excluding hydrogens is 324 g/mol. The van der Waals surface area contributed by atoms with Gasteiger partial charge in [-0.05, 0) is 53.2 Å². The predicted octanol–water partition coefficient (Wildman–Crippen LogP) is 3.78. The van der Waals surface area contributed by atoms with Gasteiger partial charge in [-0.25, -0.2) is 0 Å². The topological polar surface area (TPSA) is 43.8 Å². The Labute approximate surface area is 153 Å². The quantitative estimate of drug-likeness (QED) is 0.733. The molecule has 0 amide bonds. The van der Waals surface area contributed by atoms with Crippen molar-refractivity contribution in [2.45, 2.75) is 0 Å². The molecule has 0 saturated carbocycles. The molecule has 0 atom stereocenters. The standard InChI is InChI=1S/C22H22N2O2/c1-23-10-12-24(13-11-23)19-7-4-16(5-8-19)18-3-2-17-6-9-22(26)21(15-25)20(17)14-18/h2-9,14-15,26H,10-13H2,1H3. The van der Waals surface area contributed by atoms with Crippen molar-refractivity contribution in [3.05, 3.63) is 60.2 Å². The maximum absolute atomic E-state index is 11.4. The number of carbonyl (C=O) groups excluding carboxylic acids is 1. The molecule has 26 heavy (non-hydrogen) atoms. The van der Waals surface area contributed by atoms with Gasteiger partial charge in [0.2, 0.25) is 0 Å². The number of rotatable bonds is 3. The summed E-state index contributed by atoms with van der Waals surface area (Å²) in [5, 5.41) is 11.7. The first-order chi connectivity index (χ1) is 12.7. The fourth-order valence-electron chi connectivity index (χ4n) is 3.56. The van der Waals surface area contributed by atoms with E-state index in [1.54, 1.807) is 6.07 Å². The lowest BCUT2D eigenvalue weighted by molar-refractivity contribution is 0.112. The second-order valence-corrected chi connectivity index (χ2v) is 6.89. The number of phenolic OH excluding ortho intramolecular Hbond substituents is 1. The highest BCUT2D eigenvalue weighted by atomic mass is 16.3. The third kappa shape index (κ3) is 3.04. The number of phenols is 1. The van der Waals surface area contributed by atoms with Crippen LogP contribution >= 0.6 is 0 Å². The lowest BCUT2D eigenvalue weighted by Crippen LogP contribution is -2.44. The number of likely N-dealkylation sites (N-methyl/N-ethyl adjacent to an activating group) is 1. The monoisotopic (exact) mass is 346 g/mol. The second kappa shape index (κ2) is 6.81. The minimum absolute atomic E-state index is 0.0232. The van der Waals surface area contributed by atoms with Gasteiger partial charge < -0.3 is 14.9 Å². The summed E-state index contributed by atoms with van der Waals surface area (Å²) in [5.41, 5.74) is 3.73. The third-order valence-corrected chi connectivity index (χ3v) is 5.23. The summed E-state index contributed by atoms with van der Waals surface area (Å²) in [6, 6.07) is 18.0. The molecule has 1 saturated heterocycles. The number of anilines is 1. The van der Waals surface area contributed by atoms with Crippen LogP contribution in [0.25, 0.3) is 21.9 Å². The van der Waals surface area contributed by atoms with E-state index in [1.165, 1.54) is 5.69 Å². The predicted molar refractivity (Wildman–Crippen MR) is 106 cm³/mol. The lowest BCUT2D eigenvalue weighted by Gasteiger charge is -2.34. The number of nitrogens with zero attached hydrogens (tertiary/aromatic N) is 2. The highest BCUT2D eigenvalue weighted by Crippen LogP contribution is 2.31. The van der Waals surface area contributed by atoms with Crippen LogP contribution in [0.1, 0.15) is 10.4 Å². The zero-order valence-corrected chi connectivity index (χ0v) is 14.9. The number of benzene rings is 3. The Kier molecular flexibility index (Phi) is 4.35. The number of carbonyl (C=O) groups is 1. The van der Waals surface area contributed by atoms with Gasteiger partial charge in [0.25, 0.3) is 0 Å². The van der Waals surface area contributed by atoms with E-state index in [1.807, 2.05) is 18.2 Å². The van der Waals surface area contributed by atoms with Crippen molar-refractivity contribution in [2.75, 3.05) is 38.1 Å². The van der Waals surface area contributed by atoms with Crippen LogP contribution < -0.4 is 4.90 Å². The van der Waals surface area contributed by atoms with Crippen molar-refractivity contribution in [3.8, 4) is 16.9 Å². The molecule has 4 nitrogen and oxygen atoms in total. The first-order valence-electron chi connectivity index (χ1n) is 8.90. The molecule has 0 aliphatic carbocycles. The van der Waals surface area contributed by atoms with Gasteiger partial charge in [0.15, 0.2) is 6.29 Å². The maximum atomic E-state index is 11.4. The molecule has 1 fully saturated rings. The summed E-state index contributed by atoms with van der Waals surface area (Å²) in [6.45, 7) is 4.27. The summed E-state index contributed by atoms with van der Waals surface area (Å²) in [5.74, 6) is 0.0232. The average Bonchev–Trinajstić information content (AvgIpc) is 2.68. The molecule has 3 aromatic rings. The summed E-state index contributed by atoms with van der Waals surface area (Å²) in [7, 11) is 2.16. The third-order valence-electron chi connectivity index (χ3n) is 5.23. The van der Waals surface area contributed by atoms with Crippen LogP contribution in [-0.4, -0.2) is 49.5 Å². The van der Waals surface area contributed by atoms with E-state index in [2.05, 4.69) is 47.2 Å². The van der Waals surface area contributed by atoms with Crippen LogP contribution in [0.2, 0.25) is 0 Å². The fraction of sp³-hybridized carbons (Fsp3) is 0.227. The van der Waals surface area contributed by atoms with E-state index in [9.17, 15) is 9.90 Å². The van der Waals surface area contributed by atoms with Gasteiger partial charge in [0, 0.05) is 31.9 Å². The van der Waals surface area contributed by atoms with Crippen molar-refractivity contribution >= 4 is 22.7 Å². The molecule has 0 bridgehead atoms. The largest absolute Gasteiger partial charge is 0.507 e. The van der Waals surface area contributed by atoms with Crippen molar-refractivity contribution < 1.29 is 9.90 Å². The number of piperazine rings is 1. The lowest BCUT2D eigenvalue weighted by atomic mass is 9.98. The summed E-state index contributed by atoms with van der Waals surface area (Å²) >= 11 is 0. The Morgan fingerprint density at radius 2 is 1.54 bits per heavy atom. The Hall–Kier alpha value is -2.85. The van der Waals surface area contributed by atoms with Crippen LogP contribution in [-0.2, 0) is 0 Å². The number of aldehydes is 1. The molecule has 132 valence electrons. The van der Waals surface area contributed by atoms with E-state index >= 15 is 0 Å². The Balaban J connectivity index is 1.66. The summed E-state index contributed by atoms with van der Waals surface area (Å²) in [4.78, 5) is 16.1. The Bertz CT molecular complexity index is 942. The highest BCUT2D eigenvalue weighted by molar-refractivity contribution is 6.02. The molecule has 1 N–H and O–H groups in total. The van der Waals surface area contributed by atoms with Crippen LogP contribution in [0.3, 0.4) is 0 Å². The number of aromatic hydroxyl groups is 1. The van der Waals surface area contributed by atoms with Gasteiger partial charge in [-0.2, -0.15) is 0 Å². The molecular formula is C22H22N2O2. The van der Waals surface area contributed by atoms with E-state index < -0.39 is 0 Å². The van der Waals surface area contributed by atoms with E-state index in [-0.39, 0.29) is 5.75 Å². The molecule has 0 unspecified atom stereocenters. The maximum Gasteiger partial charge on any atom is 0.154 e. The molecule has 0 aromatic heterocycles. The first kappa shape index (κ1) is 16.6. The van der Waals surface area contributed by atoms with Crippen LogP contribution in [0.15, 0.2) is 54.6 Å². The molecule has 0 spiro atoms. The summed E-state index contributed by atoms with van der Waals surface area (Å²) in [6.07, 6.45) is 0.720. The van der Waals surface area contributed by atoms with Gasteiger partial charge in [-0.3, -0.25) is 4.79 Å². The summed E-state index contributed by atoms with van der Waals surface area (Å²) < 4.78 is 0. The van der Waals surface area contributed by atoms with Gasteiger partial charge in [-0.15, -0.1) is 0 Å². The average molecular weight is 346 g/mol. The number of fused-ring (bicyclic) bond motifs is 1. The Morgan fingerprint density at radius 1 is 0.885 bits per heavy atom. The SMILES string of the molecule is CN1CCN(c2ccc(-c3ccc4ccc(O)c(C=O)c4c3)cc2)CC1. The van der Waals surface area contributed by atoms with Crippen molar-refractivity contribution in [1.29, 1.82) is 0 Å². The van der Waals surface area contributed by atoms with Gasteiger partial charge in [-0.1, -0.05) is 30.3 Å². The normalized spacial score (nSPS) is 15.3. The van der Waals surface area contributed by atoms with Crippen molar-refractivity contribution in [2.24, 2.45) is 0 Å². The van der Waals surface area contributed by atoms with Crippen molar-refractivity contribution in [3.63, 3.8) is 0 Å². The van der Waals surface area contributed by atoms with E-state index in [4.69, 9.17) is 0 Å². The van der Waals surface area contributed by atoms with E-state index in [0.29, 0.717) is 5.56 Å². The van der Waals surface area contributed by atoms with Crippen molar-refractivity contribution in [1.82, 2.24) is 4.90 Å². The zero-order valence-electron chi connectivity index (χ0n) is 14.9. The highest BCUT2D eigenvalue weighted by Gasteiger charge is 2.14. The van der Waals surface area contributed by atoms with Crippen LogP contribution in [0, 0.1) is 0 Å². The Morgan fingerprint density at radius 3 is 2.23 bits per heavy atom. The van der Waals surface area contributed by atoms with Crippen LogP contribution in [0.4, 0.5) is 5.69 Å². The number of hydrogen-bond donors (Lipinski definition) is 1. The molecule has 0 radical (unpaired) electrons. The fourth-order valence-corrected chi connectivity index (χ4v) is 3.56. The van der Waals surface area contributed by atoms with Gasteiger partial charge in [0.1, 0.15) is 5.75 Å². The minimum atomic E-state index is 0.0232. The van der Waals surface area contributed by atoms with Crippen LogP contribution in [0.5, 0.6) is 5.75 Å². The number of hydrogen-bond acceptors (Lipinski definition) is 4. The first-order valence-corrected chi connectivity index (χ1v) is 8.90.